The average molecular weight is 243 g/mol. The second-order valence-electron chi connectivity index (χ2n) is 4.90. The highest BCUT2D eigenvalue weighted by molar-refractivity contribution is 5.34. The number of hydrogen-bond acceptors (Lipinski definition) is 1. The van der Waals surface area contributed by atoms with Gasteiger partial charge in [0.15, 0.2) is 0 Å². The Balaban J connectivity index is 2.32. The third-order valence-electron chi connectivity index (χ3n) is 3.37. The molecular formula is C13H16F3N. The van der Waals surface area contributed by atoms with Crippen molar-refractivity contribution >= 4 is 0 Å². The van der Waals surface area contributed by atoms with Gasteiger partial charge in [-0.2, -0.15) is 13.2 Å². The Kier molecular flexibility index (Phi) is 3.17. The molecule has 2 rings (SSSR count). The van der Waals surface area contributed by atoms with Gasteiger partial charge in [-0.15, -0.1) is 0 Å². The van der Waals surface area contributed by atoms with E-state index in [9.17, 15) is 13.2 Å². The summed E-state index contributed by atoms with van der Waals surface area (Å²) in [5, 5.41) is 0. The molecule has 0 heterocycles. The first-order chi connectivity index (χ1) is 7.86. The van der Waals surface area contributed by atoms with E-state index in [1.54, 1.807) is 6.92 Å². The van der Waals surface area contributed by atoms with Gasteiger partial charge in [0.2, 0.25) is 0 Å². The standard InChI is InChI=1S/C13H16F3N/c1-8-4-10(9-2-3-12(17)7-9)6-11(5-8)13(14,15)16/h4-6,9,12H,2-3,7,17H2,1H3. The Morgan fingerprint density at radius 3 is 2.41 bits per heavy atom. The maximum Gasteiger partial charge on any atom is 0.416 e. The van der Waals surface area contributed by atoms with Crippen molar-refractivity contribution in [2.75, 3.05) is 0 Å². The average Bonchev–Trinajstić information content (AvgIpc) is 2.62. The molecule has 1 saturated carbocycles. The Morgan fingerprint density at radius 1 is 1.18 bits per heavy atom. The molecule has 0 saturated heterocycles. The second-order valence-corrected chi connectivity index (χ2v) is 4.90. The van der Waals surface area contributed by atoms with Crippen LogP contribution in [0.15, 0.2) is 18.2 Å². The fourth-order valence-corrected chi connectivity index (χ4v) is 2.53. The normalized spacial score (nSPS) is 25.2. The first-order valence-electron chi connectivity index (χ1n) is 5.80. The van der Waals surface area contributed by atoms with Gasteiger partial charge >= 0.3 is 6.18 Å². The van der Waals surface area contributed by atoms with Gasteiger partial charge in [0.1, 0.15) is 0 Å². The zero-order valence-electron chi connectivity index (χ0n) is 9.72. The number of benzene rings is 1. The molecule has 0 aromatic heterocycles. The van der Waals surface area contributed by atoms with Crippen LogP contribution in [0.5, 0.6) is 0 Å². The maximum atomic E-state index is 12.7. The van der Waals surface area contributed by atoms with Gasteiger partial charge in [0, 0.05) is 6.04 Å². The van der Waals surface area contributed by atoms with Crippen molar-refractivity contribution in [3.8, 4) is 0 Å². The molecule has 2 unspecified atom stereocenters. The van der Waals surface area contributed by atoms with E-state index in [1.165, 1.54) is 12.1 Å². The van der Waals surface area contributed by atoms with Crippen LogP contribution in [0.1, 0.15) is 41.9 Å². The van der Waals surface area contributed by atoms with Crippen molar-refractivity contribution in [1.82, 2.24) is 0 Å². The molecule has 94 valence electrons. The Labute approximate surface area is 98.8 Å². The smallest absolute Gasteiger partial charge is 0.328 e. The number of alkyl halides is 3. The Morgan fingerprint density at radius 2 is 1.88 bits per heavy atom. The van der Waals surface area contributed by atoms with Gasteiger partial charge in [-0.25, -0.2) is 0 Å². The summed E-state index contributed by atoms with van der Waals surface area (Å²) in [6.07, 6.45) is -1.68. The van der Waals surface area contributed by atoms with E-state index in [4.69, 9.17) is 5.73 Å². The predicted octanol–water partition coefficient (Wildman–Crippen LogP) is 3.61. The van der Waals surface area contributed by atoms with Crippen LogP contribution in [0.25, 0.3) is 0 Å². The summed E-state index contributed by atoms with van der Waals surface area (Å²) >= 11 is 0. The minimum absolute atomic E-state index is 0.134. The summed E-state index contributed by atoms with van der Waals surface area (Å²) < 4.78 is 38.1. The molecule has 17 heavy (non-hydrogen) atoms. The highest BCUT2D eigenvalue weighted by Crippen LogP contribution is 2.37. The fourth-order valence-electron chi connectivity index (χ4n) is 2.53. The van der Waals surface area contributed by atoms with Crippen molar-refractivity contribution in [2.45, 2.75) is 44.3 Å². The topological polar surface area (TPSA) is 26.0 Å². The lowest BCUT2D eigenvalue weighted by molar-refractivity contribution is -0.137. The van der Waals surface area contributed by atoms with E-state index in [1.807, 2.05) is 6.07 Å². The Bertz CT molecular complexity index is 412. The van der Waals surface area contributed by atoms with E-state index in [2.05, 4.69) is 0 Å². The highest BCUT2D eigenvalue weighted by atomic mass is 19.4. The third kappa shape index (κ3) is 2.80. The highest BCUT2D eigenvalue weighted by Gasteiger charge is 2.32. The number of rotatable bonds is 1. The molecule has 0 bridgehead atoms. The quantitative estimate of drug-likeness (QED) is 0.801. The SMILES string of the molecule is Cc1cc(C2CCC(N)C2)cc(C(F)(F)F)c1. The molecule has 1 aromatic carbocycles. The lowest BCUT2D eigenvalue weighted by Gasteiger charge is -2.15. The van der Waals surface area contributed by atoms with Crippen LogP contribution in [0.3, 0.4) is 0 Å². The van der Waals surface area contributed by atoms with E-state index in [0.717, 1.165) is 24.8 Å². The van der Waals surface area contributed by atoms with Crippen molar-refractivity contribution in [3.05, 3.63) is 34.9 Å². The zero-order valence-corrected chi connectivity index (χ0v) is 9.72. The molecular weight excluding hydrogens is 227 g/mol. The van der Waals surface area contributed by atoms with Crippen molar-refractivity contribution in [1.29, 1.82) is 0 Å². The van der Waals surface area contributed by atoms with Gasteiger partial charge < -0.3 is 5.73 Å². The van der Waals surface area contributed by atoms with Crippen LogP contribution in [0, 0.1) is 6.92 Å². The molecule has 1 nitrogen and oxygen atoms in total. The molecule has 4 heteroatoms. The molecule has 1 aliphatic carbocycles. The molecule has 2 N–H and O–H groups in total. The lowest BCUT2D eigenvalue weighted by Crippen LogP contribution is -2.14. The molecule has 0 radical (unpaired) electrons. The van der Waals surface area contributed by atoms with E-state index >= 15 is 0 Å². The van der Waals surface area contributed by atoms with E-state index in [-0.39, 0.29) is 12.0 Å². The molecule has 0 aliphatic heterocycles. The van der Waals surface area contributed by atoms with Crippen LogP contribution in [-0.2, 0) is 6.18 Å². The summed E-state index contributed by atoms with van der Waals surface area (Å²) in [7, 11) is 0. The minimum atomic E-state index is -4.26. The molecule has 2 atom stereocenters. The van der Waals surface area contributed by atoms with E-state index in [0.29, 0.717) is 5.56 Å². The molecule has 0 amide bonds. The van der Waals surface area contributed by atoms with Crippen LogP contribution in [0.2, 0.25) is 0 Å². The van der Waals surface area contributed by atoms with Gasteiger partial charge in [0.25, 0.3) is 0 Å². The molecule has 1 fully saturated rings. The van der Waals surface area contributed by atoms with Gasteiger partial charge in [-0.3, -0.25) is 0 Å². The first kappa shape index (κ1) is 12.4. The predicted molar refractivity (Wildman–Crippen MR) is 60.7 cm³/mol. The van der Waals surface area contributed by atoms with Crippen LogP contribution >= 0.6 is 0 Å². The summed E-state index contributed by atoms with van der Waals surface area (Å²) in [6.45, 7) is 1.70. The number of hydrogen-bond donors (Lipinski definition) is 1. The van der Waals surface area contributed by atoms with Crippen LogP contribution in [0.4, 0.5) is 13.2 Å². The lowest BCUT2D eigenvalue weighted by atomic mass is 9.94. The molecule has 1 aliphatic rings. The minimum Gasteiger partial charge on any atom is -0.328 e. The third-order valence-corrected chi connectivity index (χ3v) is 3.37. The van der Waals surface area contributed by atoms with Gasteiger partial charge in [-0.05, 0) is 49.8 Å². The second kappa shape index (κ2) is 4.33. The summed E-state index contributed by atoms with van der Waals surface area (Å²) in [5.41, 5.74) is 6.70. The molecule has 0 spiro atoms. The van der Waals surface area contributed by atoms with E-state index < -0.39 is 11.7 Å². The van der Waals surface area contributed by atoms with Gasteiger partial charge in [-0.1, -0.05) is 11.6 Å². The summed E-state index contributed by atoms with van der Waals surface area (Å²) in [5.74, 6) is 0.186. The monoisotopic (exact) mass is 243 g/mol. The van der Waals surface area contributed by atoms with Crippen LogP contribution in [-0.4, -0.2) is 6.04 Å². The summed E-state index contributed by atoms with van der Waals surface area (Å²) in [4.78, 5) is 0. The fraction of sp³-hybridized carbons (Fsp3) is 0.538. The van der Waals surface area contributed by atoms with Crippen molar-refractivity contribution in [2.24, 2.45) is 5.73 Å². The van der Waals surface area contributed by atoms with Gasteiger partial charge in [0.05, 0.1) is 5.56 Å². The van der Waals surface area contributed by atoms with Crippen LogP contribution < -0.4 is 5.73 Å². The zero-order chi connectivity index (χ0) is 12.6. The number of nitrogens with two attached hydrogens (primary N) is 1. The van der Waals surface area contributed by atoms with Crippen molar-refractivity contribution < 1.29 is 13.2 Å². The number of aryl methyl sites for hydroxylation is 1. The summed E-state index contributed by atoms with van der Waals surface area (Å²) in [6, 6.07) is 4.45. The number of halogens is 3. The Hall–Kier alpha value is -1.03. The maximum absolute atomic E-state index is 12.7. The van der Waals surface area contributed by atoms with Crippen molar-refractivity contribution in [3.63, 3.8) is 0 Å². The first-order valence-corrected chi connectivity index (χ1v) is 5.80. The molecule has 1 aromatic rings. The largest absolute Gasteiger partial charge is 0.416 e.